The minimum absolute atomic E-state index is 0.0379. The predicted octanol–water partition coefficient (Wildman–Crippen LogP) is 3.25. The molecule has 0 atom stereocenters. The first kappa shape index (κ1) is 12.4. The molecule has 100 valence electrons. The van der Waals surface area contributed by atoms with E-state index in [9.17, 15) is 4.79 Å². The first-order valence-corrected chi connectivity index (χ1v) is 6.45. The van der Waals surface area contributed by atoms with Gasteiger partial charge in [-0.3, -0.25) is 9.20 Å². The van der Waals surface area contributed by atoms with Crippen molar-refractivity contribution in [2.45, 2.75) is 6.92 Å². The average molecular weight is 265 g/mol. The van der Waals surface area contributed by atoms with Crippen molar-refractivity contribution in [3.05, 3.63) is 54.5 Å². The molecule has 3 rings (SSSR count). The molecule has 0 aliphatic rings. The smallest absolute Gasteiger partial charge is 0.162 e. The fourth-order valence-electron chi connectivity index (χ4n) is 2.45. The molecule has 0 aliphatic heterocycles. The molecule has 20 heavy (non-hydrogen) atoms. The summed E-state index contributed by atoms with van der Waals surface area (Å²) in [6.45, 7) is 1.59. The van der Waals surface area contributed by atoms with Gasteiger partial charge in [0.15, 0.2) is 5.78 Å². The lowest BCUT2D eigenvalue weighted by atomic mass is 10.0. The highest BCUT2D eigenvalue weighted by Gasteiger charge is 2.16. The zero-order valence-electron chi connectivity index (χ0n) is 11.4. The average Bonchev–Trinajstić information content (AvgIpc) is 2.95. The van der Waals surface area contributed by atoms with Gasteiger partial charge in [-0.05, 0) is 18.6 Å². The Labute approximate surface area is 117 Å². The van der Waals surface area contributed by atoms with Gasteiger partial charge in [-0.15, -0.1) is 0 Å². The van der Waals surface area contributed by atoms with Crippen molar-refractivity contribution in [2.24, 2.45) is 0 Å². The summed E-state index contributed by atoms with van der Waals surface area (Å²) < 4.78 is 1.96. The van der Waals surface area contributed by atoms with Crippen LogP contribution in [0.15, 0.2) is 48.9 Å². The summed E-state index contributed by atoms with van der Waals surface area (Å²) >= 11 is 0. The van der Waals surface area contributed by atoms with Gasteiger partial charge in [0.25, 0.3) is 0 Å². The van der Waals surface area contributed by atoms with E-state index in [1.807, 2.05) is 47.8 Å². The van der Waals surface area contributed by atoms with E-state index in [0.29, 0.717) is 5.56 Å². The molecular weight excluding hydrogens is 250 g/mol. The molecule has 0 spiro atoms. The maximum absolute atomic E-state index is 12.0. The number of hydrogen-bond donors (Lipinski definition) is 1. The Morgan fingerprint density at radius 3 is 2.65 bits per heavy atom. The molecule has 0 aliphatic carbocycles. The van der Waals surface area contributed by atoms with Gasteiger partial charge in [-0.1, -0.05) is 30.3 Å². The van der Waals surface area contributed by atoms with Crippen LogP contribution in [0.4, 0.5) is 5.69 Å². The minimum Gasteiger partial charge on any atom is -0.386 e. The van der Waals surface area contributed by atoms with Crippen LogP contribution in [0.2, 0.25) is 0 Å². The lowest BCUT2D eigenvalue weighted by Gasteiger charge is -2.14. The predicted molar refractivity (Wildman–Crippen MR) is 80.2 cm³/mol. The summed E-state index contributed by atoms with van der Waals surface area (Å²) in [5.74, 6) is 0.0379. The van der Waals surface area contributed by atoms with E-state index in [-0.39, 0.29) is 5.78 Å². The molecule has 0 unspecified atom stereocenters. The standard InChI is InChI=1S/C16H15N3O/c1-11(20)13-8-14(17-2)15-9-18-10-19(15)16(13)12-6-4-3-5-7-12/h3-10,17H,1-2H3. The molecule has 0 bridgehead atoms. The number of ketones is 1. The summed E-state index contributed by atoms with van der Waals surface area (Å²) in [5, 5.41) is 3.12. The monoisotopic (exact) mass is 265 g/mol. The largest absolute Gasteiger partial charge is 0.386 e. The van der Waals surface area contributed by atoms with Gasteiger partial charge in [-0.25, -0.2) is 4.98 Å². The molecule has 2 heterocycles. The second-order valence-electron chi connectivity index (χ2n) is 4.64. The number of imidazole rings is 1. The van der Waals surface area contributed by atoms with Crippen molar-refractivity contribution in [1.29, 1.82) is 0 Å². The van der Waals surface area contributed by atoms with Crippen LogP contribution in [0.1, 0.15) is 17.3 Å². The Morgan fingerprint density at radius 2 is 2.00 bits per heavy atom. The highest BCUT2D eigenvalue weighted by Crippen LogP contribution is 2.30. The molecule has 1 N–H and O–H groups in total. The molecule has 3 aromatic rings. The van der Waals surface area contributed by atoms with E-state index in [4.69, 9.17) is 0 Å². The van der Waals surface area contributed by atoms with Crippen molar-refractivity contribution >= 4 is 17.0 Å². The molecule has 4 nitrogen and oxygen atoms in total. The lowest BCUT2D eigenvalue weighted by Crippen LogP contribution is -2.05. The summed E-state index contributed by atoms with van der Waals surface area (Å²) in [5.41, 5.74) is 4.42. The van der Waals surface area contributed by atoms with Crippen molar-refractivity contribution in [3.63, 3.8) is 0 Å². The molecule has 2 aromatic heterocycles. The second kappa shape index (κ2) is 4.81. The summed E-state index contributed by atoms with van der Waals surface area (Å²) in [7, 11) is 1.84. The number of fused-ring (bicyclic) bond motifs is 1. The van der Waals surface area contributed by atoms with Gasteiger partial charge < -0.3 is 5.32 Å². The van der Waals surface area contributed by atoms with Crippen LogP contribution in [0.25, 0.3) is 16.8 Å². The van der Waals surface area contributed by atoms with E-state index in [2.05, 4.69) is 10.3 Å². The number of Topliss-reactive ketones (excluding diaryl/α,β-unsaturated/α-hetero) is 1. The number of aromatic nitrogens is 2. The molecule has 0 radical (unpaired) electrons. The van der Waals surface area contributed by atoms with E-state index in [1.54, 1.807) is 19.4 Å². The van der Waals surface area contributed by atoms with Gasteiger partial charge in [0.1, 0.15) is 0 Å². The number of anilines is 1. The summed E-state index contributed by atoms with van der Waals surface area (Å²) in [6, 6.07) is 11.8. The number of nitrogens with zero attached hydrogens (tertiary/aromatic N) is 2. The number of carbonyl (C=O) groups excluding carboxylic acids is 1. The number of nitrogens with one attached hydrogen (secondary N) is 1. The highest BCUT2D eigenvalue weighted by atomic mass is 16.1. The van der Waals surface area contributed by atoms with Crippen molar-refractivity contribution in [3.8, 4) is 11.3 Å². The zero-order valence-corrected chi connectivity index (χ0v) is 11.4. The lowest BCUT2D eigenvalue weighted by molar-refractivity contribution is 0.101. The van der Waals surface area contributed by atoms with Crippen molar-refractivity contribution in [2.75, 3.05) is 12.4 Å². The fraction of sp³-hybridized carbons (Fsp3) is 0.125. The van der Waals surface area contributed by atoms with Crippen molar-refractivity contribution < 1.29 is 4.79 Å². The van der Waals surface area contributed by atoms with Crippen LogP contribution < -0.4 is 5.32 Å². The Balaban J connectivity index is 2.42. The number of pyridine rings is 1. The third-order valence-corrected chi connectivity index (χ3v) is 3.40. The van der Waals surface area contributed by atoms with Gasteiger partial charge in [-0.2, -0.15) is 0 Å². The van der Waals surface area contributed by atoms with Crippen LogP contribution in [0.5, 0.6) is 0 Å². The van der Waals surface area contributed by atoms with Crippen LogP contribution in [0.3, 0.4) is 0 Å². The number of rotatable bonds is 3. The highest BCUT2D eigenvalue weighted by molar-refractivity contribution is 6.02. The Hall–Kier alpha value is -2.62. The number of hydrogen-bond acceptors (Lipinski definition) is 3. The Morgan fingerprint density at radius 1 is 1.25 bits per heavy atom. The molecule has 4 heteroatoms. The first-order valence-electron chi connectivity index (χ1n) is 6.45. The topological polar surface area (TPSA) is 46.4 Å². The van der Waals surface area contributed by atoms with Gasteiger partial charge in [0.05, 0.1) is 29.4 Å². The minimum atomic E-state index is 0.0379. The Bertz CT molecular complexity index is 775. The number of benzene rings is 1. The first-order chi connectivity index (χ1) is 9.72. The van der Waals surface area contributed by atoms with Gasteiger partial charge in [0.2, 0.25) is 0 Å². The quantitative estimate of drug-likeness (QED) is 0.739. The normalized spacial score (nSPS) is 10.7. The van der Waals surface area contributed by atoms with Gasteiger partial charge >= 0.3 is 0 Å². The molecule has 0 saturated heterocycles. The maximum Gasteiger partial charge on any atom is 0.162 e. The SMILES string of the molecule is CNc1cc(C(C)=O)c(-c2ccccc2)n2cncc12. The fourth-order valence-corrected chi connectivity index (χ4v) is 2.45. The molecular formula is C16H15N3O. The van der Waals surface area contributed by atoms with Crippen LogP contribution >= 0.6 is 0 Å². The van der Waals surface area contributed by atoms with E-state index in [0.717, 1.165) is 22.5 Å². The molecule has 0 fully saturated rings. The van der Waals surface area contributed by atoms with Crippen LogP contribution in [0, 0.1) is 0 Å². The summed E-state index contributed by atoms with van der Waals surface area (Å²) in [4.78, 5) is 16.2. The molecule has 1 aromatic carbocycles. The van der Waals surface area contributed by atoms with Crippen molar-refractivity contribution in [1.82, 2.24) is 9.38 Å². The second-order valence-corrected chi connectivity index (χ2v) is 4.64. The Kier molecular flexibility index (Phi) is 2.99. The summed E-state index contributed by atoms with van der Waals surface area (Å²) in [6.07, 6.45) is 3.53. The maximum atomic E-state index is 12.0. The zero-order chi connectivity index (χ0) is 14.1. The molecule has 0 saturated carbocycles. The van der Waals surface area contributed by atoms with Crippen LogP contribution in [-0.4, -0.2) is 22.2 Å². The third kappa shape index (κ3) is 1.86. The molecule has 0 amide bonds. The number of carbonyl (C=O) groups is 1. The van der Waals surface area contributed by atoms with E-state index in [1.165, 1.54) is 0 Å². The van der Waals surface area contributed by atoms with Crippen LogP contribution in [-0.2, 0) is 0 Å². The van der Waals surface area contributed by atoms with E-state index < -0.39 is 0 Å². The van der Waals surface area contributed by atoms with Gasteiger partial charge in [0, 0.05) is 12.6 Å². The third-order valence-electron chi connectivity index (χ3n) is 3.40. The van der Waals surface area contributed by atoms with E-state index >= 15 is 0 Å².